The zero-order valence-corrected chi connectivity index (χ0v) is 20.3. The molecule has 4 aliphatic rings. The Kier molecular flexibility index (Phi) is 5.22. The molecule has 2 saturated carbocycles. The van der Waals surface area contributed by atoms with Gasteiger partial charge in [0.25, 0.3) is 0 Å². The summed E-state index contributed by atoms with van der Waals surface area (Å²) in [5.41, 5.74) is 0.581. The standard InChI is InChI=1S/C23H26FN7OS2/c24-23(3-4-23)20(27)33-18(26)17-10-28-19-16(30-7-5-21(6-8-30)13-32-14-21)9-15(11-31(17)19)34-29-22(12-25)1-2-22/h9-11,26-27,29H,1-8,13-14H2. The summed E-state index contributed by atoms with van der Waals surface area (Å²) in [6.07, 6.45) is 8.10. The van der Waals surface area contributed by atoms with Gasteiger partial charge in [-0.2, -0.15) is 5.26 Å². The lowest BCUT2D eigenvalue weighted by Gasteiger charge is -2.47. The van der Waals surface area contributed by atoms with Crippen molar-refractivity contribution in [2.24, 2.45) is 5.41 Å². The molecule has 4 heterocycles. The highest BCUT2D eigenvalue weighted by Gasteiger charge is 2.48. The van der Waals surface area contributed by atoms with Crippen LogP contribution in [0.2, 0.25) is 0 Å². The monoisotopic (exact) mass is 499 g/mol. The van der Waals surface area contributed by atoms with Gasteiger partial charge >= 0.3 is 0 Å². The molecule has 2 aromatic heterocycles. The fourth-order valence-corrected chi connectivity index (χ4v) is 6.24. The van der Waals surface area contributed by atoms with Crippen LogP contribution in [0.5, 0.6) is 0 Å². The van der Waals surface area contributed by atoms with Gasteiger partial charge in [-0.05, 0) is 56.5 Å². The number of hydrogen-bond donors (Lipinski definition) is 3. The number of anilines is 1. The molecule has 2 aromatic rings. The van der Waals surface area contributed by atoms with E-state index in [9.17, 15) is 9.65 Å². The summed E-state index contributed by atoms with van der Waals surface area (Å²) >= 11 is 2.30. The van der Waals surface area contributed by atoms with E-state index >= 15 is 0 Å². The Hall–Kier alpha value is -2.13. The lowest BCUT2D eigenvalue weighted by Crippen LogP contribution is -2.51. The maximum Gasteiger partial charge on any atom is 0.161 e. The van der Waals surface area contributed by atoms with Crippen molar-refractivity contribution in [2.45, 2.75) is 54.6 Å². The van der Waals surface area contributed by atoms with Crippen LogP contribution in [0.1, 0.15) is 44.2 Å². The topological polar surface area (TPSA) is 113 Å². The average Bonchev–Trinajstić information content (AvgIpc) is 3.73. The Morgan fingerprint density at radius 2 is 1.91 bits per heavy atom. The molecule has 0 atom stereocenters. The van der Waals surface area contributed by atoms with Crippen LogP contribution in [0, 0.1) is 27.6 Å². The summed E-state index contributed by atoms with van der Waals surface area (Å²) in [6.45, 7) is 3.50. The first-order valence-electron chi connectivity index (χ1n) is 11.6. The molecule has 2 aliphatic heterocycles. The highest BCUT2D eigenvalue weighted by Crippen LogP contribution is 2.45. The second-order valence-corrected chi connectivity index (χ2v) is 11.9. The molecule has 0 bridgehead atoms. The van der Waals surface area contributed by atoms with Crippen molar-refractivity contribution >= 4 is 45.1 Å². The Labute approximate surface area is 205 Å². The molecule has 0 unspecified atom stereocenters. The number of nitriles is 1. The fraction of sp³-hybridized carbons (Fsp3) is 0.565. The van der Waals surface area contributed by atoms with Crippen LogP contribution in [-0.4, -0.2) is 57.0 Å². The normalized spacial score (nSPS) is 23.4. The van der Waals surface area contributed by atoms with E-state index in [1.165, 1.54) is 11.9 Å². The van der Waals surface area contributed by atoms with E-state index in [1.54, 1.807) is 6.20 Å². The summed E-state index contributed by atoms with van der Waals surface area (Å²) in [5, 5.41) is 26.1. The summed E-state index contributed by atoms with van der Waals surface area (Å²) < 4.78 is 25.0. The number of piperidine rings is 1. The molecule has 3 N–H and O–H groups in total. The minimum Gasteiger partial charge on any atom is -0.380 e. The molecule has 6 rings (SSSR count). The van der Waals surface area contributed by atoms with E-state index in [2.05, 4.69) is 26.7 Å². The van der Waals surface area contributed by atoms with Crippen LogP contribution >= 0.6 is 23.7 Å². The number of nitrogens with one attached hydrogen (secondary N) is 3. The van der Waals surface area contributed by atoms with Gasteiger partial charge in [-0.25, -0.2) is 14.1 Å². The highest BCUT2D eigenvalue weighted by atomic mass is 32.2. The van der Waals surface area contributed by atoms with E-state index in [0.29, 0.717) is 24.0 Å². The molecule has 2 aliphatic carbocycles. The molecular weight excluding hydrogens is 473 g/mol. The fourth-order valence-electron chi connectivity index (χ4n) is 4.50. The Morgan fingerprint density at radius 1 is 1.18 bits per heavy atom. The van der Waals surface area contributed by atoms with Crippen molar-refractivity contribution in [1.82, 2.24) is 14.1 Å². The number of ether oxygens (including phenoxy) is 1. The van der Waals surface area contributed by atoms with Gasteiger partial charge in [-0.15, -0.1) is 0 Å². The van der Waals surface area contributed by atoms with Crippen molar-refractivity contribution in [2.75, 3.05) is 31.2 Å². The maximum atomic E-state index is 14.3. The minimum atomic E-state index is -1.56. The van der Waals surface area contributed by atoms with Crippen molar-refractivity contribution in [1.29, 1.82) is 16.1 Å². The number of thioether (sulfide) groups is 1. The van der Waals surface area contributed by atoms with Crippen LogP contribution < -0.4 is 9.62 Å². The molecule has 11 heteroatoms. The average molecular weight is 500 g/mol. The summed E-state index contributed by atoms with van der Waals surface area (Å²) in [4.78, 5) is 7.91. The number of nitrogens with zero attached hydrogens (tertiary/aromatic N) is 4. The third-order valence-electron chi connectivity index (χ3n) is 7.40. The van der Waals surface area contributed by atoms with Gasteiger partial charge in [0.2, 0.25) is 0 Å². The third kappa shape index (κ3) is 3.90. The van der Waals surface area contributed by atoms with Gasteiger partial charge in [0.15, 0.2) is 11.3 Å². The van der Waals surface area contributed by atoms with Gasteiger partial charge in [0, 0.05) is 29.6 Å². The molecule has 8 nitrogen and oxygen atoms in total. The Balaban J connectivity index is 1.31. The lowest BCUT2D eigenvalue weighted by molar-refractivity contribution is -0.124. The molecule has 4 fully saturated rings. The van der Waals surface area contributed by atoms with E-state index in [4.69, 9.17) is 15.6 Å². The summed E-state index contributed by atoms with van der Waals surface area (Å²) in [7, 11) is 0. The number of halogens is 1. The summed E-state index contributed by atoms with van der Waals surface area (Å²) in [6, 6.07) is 4.46. The van der Waals surface area contributed by atoms with E-state index < -0.39 is 11.2 Å². The molecule has 1 spiro atoms. The van der Waals surface area contributed by atoms with Gasteiger partial charge < -0.3 is 9.64 Å². The smallest absolute Gasteiger partial charge is 0.161 e. The quantitative estimate of drug-likeness (QED) is 0.311. The second-order valence-electron chi connectivity index (χ2n) is 10.0. The number of rotatable bonds is 6. The van der Waals surface area contributed by atoms with Crippen LogP contribution in [0.3, 0.4) is 0 Å². The van der Waals surface area contributed by atoms with E-state index in [1.807, 2.05) is 10.6 Å². The third-order valence-corrected chi connectivity index (χ3v) is 9.34. The number of imidazole rings is 1. The Morgan fingerprint density at radius 3 is 2.50 bits per heavy atom. The zero-order valence-electron chi connectivity index (χ0n) is 18.7. The van der Waals surface area contributed by atoms with Gasteiger partial charge in [0.1, 0.15) is 15.6 Å². The summed E-state index contributed by atoms with van der Waals surface area (Å²) in [5.74, 6) is 0. The van der Waals surface area contributed by atoms with Crippen molar-refractivity contribution in [3.8, 4) is 6.07 Å². The Bertz CT molecular complexity index is 1220. The first-order valence-corrected chi connectivity index (χ1v) is 13.2. The van der Waals surface area contributed by atoms with Crippen LogP contribution in [-0.2, 0) is 4.74 Å². The predicted octanol–water partition coefficient (Wildman–Crippen LogP) is 4.14. The second kappa shape index (κ2) is 7.95. The van der Waals surface area contributed by atoms with Crippen molar-refractivity contribution < 1.29 is 9.13 Å². The minimum absolute atomic E-state index is 0.103. The highest BCUT2D eigenvalue weighted by molar-refractivity contribution is 8.27. The molecule has 34 heavy (non-hydrogen) atoms. The molecule has 0 amide bonds. The number of fused-ring (bicyclic) bond motifs is 1. The van der Waals surface area contributed by atoms with E-state index in [0.717, 1.165) is 80.0 Å². The van der Waals surface area contributed by atoms with Crippen LogP contribution in [0.15, 0.2) is 23.4 Å². The molecule has 0 aromatic carbocycles. The zero-order chi connectivity index (χ0) is 23.6. The van der Waals surface area contributed by atoms with E-state index in [-0.39, 0.29) is 10.1 Å². The number of alkyl halides is 1. The molecule has 2 saturated heterocycles. The largest absolute Gasteiger partial charge is 0.380 e. The molecular formula is C23H26FN7OS2. The van der Waals surface area contributed by atoms with Crippen LogP contribution in [0.25, 0.3) is 5.65 Å². The van der Waals surface area contributed by atoms with Gasteiger partial charge in [0.05, 0.1) is 36.9 Å². The number of hydrogen-bond acceptors (Lipinski definition) is 9. The number of pyridine rings is 1. The van der Waals surface area contributed by atoms with Crippen molar-refractivity contribution in [3.05, 3.63) is 24.2 Å². The van der Waals surface area contributed by atoms with Gasteiger partial charge in [-0.1, -0.05) is 11.8 Å². The molecule has 0 radical (unpaired) electrons. The van der Waals surface area contributed by atoms with Crippen LogP contribution in [0.4, 0.5) is 10.1 Å². The van der Waals surface area contributed by atoms with Gasteiger partial charge in [-0.3, -0.25) is 15.2 Å². The predicted molar refractivity (Wildman–Crippen MR) is 132 cm³/mol. The first-order chi connectivity index (χ1) is 16.3. The van der Waals surface area contributed by atoms with Crippen molar-refractivity contribution in [3.63, 3.8) is 0 Å². The number of aromatic nitrogens is 2. The first kappa shape index (κ1) is 22.3. The SMILES string of the molecule is N#CC1(NSc2cc(N3CCC4(CC3)COC4)c3ncc(C(=N)SC(=N)C4(F)CC4)n3c2)CC1. The lowest BCUT2D eigenvalue weighted by atomic mass is 9.77. The molecule has 178 valence electrons. The maximum absolute atomic E-state index is 14.3.